The first-order valence-electron chi connectivity index (χ1n) is 3.54. The number of thioether (sulfide) groups is 1. The molecule has 1 aliphatic rings. The topological polar surface area (TPSA) is 0 Å². The van der Waals surface area contributed by atoms with Gasteiger partial charge in [-0.15, -0.1) is 0 Å². The molecule has 0 bridgehead atoms. The van der Waals surface area contributed by atoms with E-state index in [1.165, 1.54) is 19.3 Å². The second kappa shape index (κ2) is 2.77. The van der Waals surface area contributed by atoms with Crippen molar-refractivity contribution in [1.82, 2.24) is 0 Å². The number of hydrogen-bond acceptors (Lipinski definition) is 1. The van der Waals surface area contributed by atoms with E-state index in [-0.39, 0.29) is 0 Å². The summed E-state index contributed by atoms with van der Waals surface area (Å²) in [4.78, 5) is 0. The summed E-state index contributed by atoms with van der Waals surface area (Å²) < 4.78 is 0. The minimum Gasteiger partial charge on any atom is -0.153 e. The Balaban J connectivity index is 1.99. The molecular weight excluding hydrogens is 116 g/mol. The molecule has 0 aromatic carbocycles. The minimum absolute atomic E-state index is 1.04. The van der Waals surface area contributed by atoms with Crippen LogP contribution in [-0.2, 0) is 0 Å². The van der Waals surface area contributed by atoms with Crippen LogP contribution in [-0.4, -0.2) is 10.5 Å². The molecular formula is C7H14S. The zero-order valence-electron chi connectivity index (χ0n) is 5.68. The maximum atomic E-state index is 2.29. The molecule has 0 spiro atoms. The standard InChI is InChI=1S/C7H14S/c1-3-5-7-6(4-2)8-7/h6-7H,3-5H2,1-2H3/t6-,7-/m1/s1. The van der Waals surface area contributed by atoms with Crippen LogP contribution in [0.5, 0.6) is 0 Å². The zero-order chi connectivity index (χ0) is 5.98. The van der Waals surface area contributed by atoms with Crippen LogP contribution in [0.1, 0.15) is 33.1 Å². The van der Waals surface area contributed by atoms with E-state index in [4.69, 9.17) is 0 Å². The third kappa shape index (κ3) is 1.41. The SMILES string of the molecule is CCC[C@H]1S[C@@H]1CC. The Kier molecular flexibility index (Phi) is 2.24. The molecule has 0 aromatic rings. The Hall–Kier alpha value is 0.350. The number of hydrogen-bond donors (Lipinski definition) is 0. The van der Waals surface area contributed by atoms with E-state index in [1.807, 2.05) is 0 Å². The van der Waals surface area contributed by atoms with Gasteiger partial charge in [-0.1, -0.05) is 20.3 Å². The van der Waals surface area contributed by atoms with Crippen LogP contribution < -0.4 is 0 Å². The van der Waals surface area contributed by atoms with Gasteiger partial charge in [0.25, 0.3) is 0 Å². The van der Waals surface area contributed by atoms with E-state index in [1.54, 1.807) is 0 Å². The summed E-state index contributed by atoms with van der Waals surface area (Å²) in [6.07, 6.45) is 4.20. The van der Waals surface area contributed by atoms with Crippen molar-refractivity contribution in [2.45, 2.75) is 43.6 Å². The average molecular weight is 130 g/mol. The summed E-state index contributed by atoms with van der Waals surface area (Å²) >= 11 is 2.16. The monoisotopic (exact) mass is 130 g/mol. The highest BCUT2D eigenvalue weighted by Gasteiger charge is 2.34. The van der Waals surface area contributed by atoms with Crippen molar-refractivity contribution in [2.24, 2.45) is 0 Å². The first kappa shape index (κ1) is 6.47. The lowest BCUT2D eigenvalue weighted by atomic mass is 10.2. The second-order valence-corrected chi connectivity index (χ2v) is 3.89. The van der Waals surface area contributed by atoms with Gasteiger partial charge in [-0.25, -0.2) is 0 Å². The highest BCUT2D eigenvalue weighted by atomic mass is 32.2. The van der Waals surface area contributed by atoms with Gasteiger partial charge in [-0.2, -0.15) is 11.8 Å². The minimum atomic E-state index is 1.04. The van der Waals surface area contributed by atoms with Crippen molar-refractivity contribution < 1.29 is 0 Å². The maximum absolute atomic E-state index is 2.29. The molecule has 1 rings (SSSR count). The van der Waals surface area contributed by atoms with E-state index < -0.39 is 0 Å². The van der Waals surface area contributed by atoms with Gasteiger partial charge >= 0.3 is 0 Å². The third-order valence-electron chi connectivity index (χ3n) is 1.66. The van der Waals surface area contributed by atoms with Crippen LogP contribution in [0.2, 0.25) is 0 Å². The Morgan fingerprint density at radius 3 is 2.38 bits per heavy atom. The van der Waals surface area contributed by atoms with Crippen molar-refractivity contribution in [2.75, 3.05) is 0 Å². The Morgan fingerprint density at radius 2 is 2.00 bits per heavy atom. The third-order valence-corrected chi connectivity index (χ3v) is 3.27. The van der Waals surface area contributed by atoms with Gasteiger partial charge < -0.3 is 0 Å². The molecule has 0 N–H and O–H groups in total. The van der Waals surface area contributed by atoms with Crippen LogP contribution in [0.3, 0.4) is 0 Å². The molecule has 1 saturated heterocycles. The zero-order valence-corrected chi connectivity index (χ0v) is 6.50. The fraction of sp³-hybridized carbons (Fsp3) is 1.00. The molecule has 1 aliphatic heterocycles. The predicted octanol–water partition coefficient (Wildman–Crippen LogP) is 2.68. The number of rotatable bonds is 3. The van der Waals surface area contributed by atoms with Crippen molar-refractivity contribution in [1.29, 1.82) is 0 Å². The Bertz CT molecular complexity index is 70.8. The fourth-order valence-electron chi connectivity index (χ4n) is 1.08. The molecule has 1 fully saturated rings. The fourth-order valence-corrected chi connectivity index (χ4v) is 2.33. The van der Waals surface area contributed by atoms with E-state index in [0.29, 0.717) is 0 Å². The quantitative estimate of drug-likeness (QED) is 0.529. The molecule has 0 unspecified atom stereocenters. The molecule has 2 atom stereocenters. The van der Waals surface area contributed by atoms with Crippen LogP contribution in [0.25, 0.3) is 0 Å². The van der Waals surface area contributed by atoms with Gasteiger partial charge in [0.05, 0.1) is 0 Å². The summed E-state index contributed by atoms with van der Waals surface area (Å²) in [6, 6.07) is 0. The normalized spacial score (nSPS) is 35.2. The average Bonchev–Trinajstić information content (AvgIpc) is 2.48. The van der Waals surface area contributed by atoms with E-state index in [2.05, 4.69) is 25.6 Å². The smallest absolute Gasteiger partial charge is 0.0169 e. The molecule has 1 heterocycles. The van der Waals surface area contributed by atoms with Crippen LogP contribution in [0, 0.1) is 0 Å². The summed E-state index contributed by atoms with van der Waals surface area (Å²) in [5, 5.41) is 2.08. The lowest BCUT2D eigenvalue weighted by Gasteiger charge is -1.87. The molecule has 0 saturated carbocycles. The van der Waals surface area contributed by atoms with Crippen molar-refractivity contribution in [3.05, 3.63) is 0 Å². The first-order chi connectivity index (χ1) is 3.88. The van der Waals surface area contributed by atoms with E-state index >= 15 is 0 Å². The lowest BCUT2D eigenvalue weighted by molar-refractivity contribution is 0.750. The second-order valence-electron chi connectivity index (χ2n) is 2.41. The Labute approximate surface area is 56.0 Å². The van der Waals surface area contributed by atoms with Gasteiger partial charge in [0, 0.05) is 10.5 Å². The highest BCUT2D eigenvalue weighted by Crippen LogP contribution is 2.45. The Morgan fingerprint density at radius 1 is 1.25 bits per heavy atom. The highest BCUT2D eigenvalue weighted by molar-refractivity contribution is 8.07. The van der Waals surface area contributed by atoms with Crippen LogP contribution in [0.4, 0.5) is 0 Å². The largest absolute Gasteiger partial charge is 0.153 e. The van der Waals surface area contributed by atoms with Crippen molar-refractivity contribution >= 4 is 11.8 Å². The molecule has 1 heteroatoms. The van der Waals surface area contributed by atoms with Gasteiger partial charge in [-0.05, 0) is 12.8 Å². The summed E-state index contributed by atoms with van der Waals surface area (Å²) in [5.74, 6) is 0. The molecule has 0 nitrogen and oxygen atoms in total. The molecule has 0 aromatic heterocycles. The van der Waals surface area contributed by atoms with Gasteiger partial charge in [0.15, 0.2) is 0 Å². The van der Waals surface area contributed by atoms with Crippen LogP contribution in [0.15, 0.2) is 0 Å². The van der Waals surface area contributed by atoms with E-state index in [0.717, 1.165) is 10.5 Å². The molecule has 48 valence electrons. The van der Waals surface area contributed by atoms with Crippen molar-refractivity contribution in [3.8, 4) is 0 Å². The summed E-state index contributed by atoms with van der Waals surface area (Å²) in [6.45, 7) is 4.55. The van der Waals surface area contributed by atoms with Crippen LogP contribution >= 0.6 is 11.8 Å². The predicted molar refractivity (Wildman–Crippen MR) is 40.4 cm³/mol. The summed E-state index contributed by atoms with van der Waals surface area (Å²) in [5.41, 5.74) is 0. The molecule has 0 aliphatic carbocycles. The first-order valence-corrected chi connectivity index (χ1v) is 4.48. The van der Waals surface area contributed by atoms with Gasteiger partial charge in [-0.3, -0.25) is 0 Å². The maximum Gasteiger partial charge on any atom is 0.0169 e. The summed E-state index contributed by atoms with van der Waals surface area (Å²) in [7, 11) is 0. The molecule has 0 amide bonds. The lowest BCUT2D eigenvalue weighted by Crippen LogP contribution is -1.89. The van der Waals surface area contributed by atoms with E-state index in [9.17, 15) is 0 Å². The molecule has 8 heavy (non-hydrogen) atoms. The van der Waals surface area contributed by atoms with Crippen molar-refractivity contribution in [3.63, 3.8) is 0 Å². The van der Waals surface area contributed by atoms with Gasteiger partial charge in [0.2, 0.25) is 0 Å². The van der Waals surface area contributed by atoms with Gasteiger partial charge in [0.1, 0.15) is 0 Å². The molecule has 0 radical (unpaired) electrons.